The first-order chi connectivity index (χ1) is 15.9. The van der Waals surface area contributed by atoms with E-state index in [0.717, 1.165) is 16.9 Å². The third kappa shape index (κ3) is 5.64. The van der Waals surface area contributed by atoms with E-state index >= 15 is 0 Å². The number of urea groups is 1. The maximum atomic E-state index is 13.0. The van der Waals surface area contributed by atoms with Crippen LogP contribution in [0.2, 0.25) is 0 Å². The molecule has 0 bridgehead atoms. The Balaban J connectivity index is 1.94. The van der Waals surface area contributed by atoms with E-state index in [9.17, 15) is 9.59 Å². The van der Waals surface area contributed by atoms with E-state index in [1.54, 1.807) is 33.3 Å². The summed E-state index contributed by atoms with van der Waals surface area (Å²) in [6, 6.07) is 14.1. The van der Waals surface area contributed by atoms with E-state index in [1.165, 1.54) is 0 Å². The number of nitrogens with one attached hydrogen (secondary N) is 2. The number of amides is 2. The van der Waals surface area contributed by atoms with Crippen molar-refractivity contribution in [2.24, 2.45) is 0 Å². The van der Waals surface area contributed by atoms with E-state index < -0.39 is 12.0 Å². The molecule has 176 valence electrons. The molecule has 2 N–H and O–H groups in total. The molecule has 3 rings (SSSR count). The van der Waals surface area contributed by atoms with Gasteiger partial charge in [0.2, 0.25) is 0 Å². The second kappa shape index (κ2) is 10.9. The number of esters is 1. The lowest BCUT2D eigenvalue weighted by Gasteiger charge is -2.33. The van der Waals surface area contributed by atoms with Gasteiger partial charge in [0.1, 0.15) is 11.5 Å². The minimum absolute atomic E-state index is 0.0260. The molecule has 1 heterocycles. The normalized spacial score (nSPS) is 16.7. The van der Waals surface area contributed by atoms with Gasteiger partial charge in [-0.05, 0) is 56.3 Å². The molecule has 0 spiro atoms. The highest BCUT2D eigenvalue weighted by Crippen LogP contribution is 2.30. The number of benzene rings is 2. The Bertz CT molecular complexity index is 1000. The highest BCUT2D eigenvalue weighted by molar-refractivity contribution is 5.95. The SMILES string of the molecule is CCOC(=O)C1=C(CN(C)C(C)c2ccc(OC)cc2)NC(=O)NC1c1ccc(OC)cc1. The number of hydrogen-bond donors (Lipinski definition) is 2. The van der Waals surface area contributed by atoms with Crippen molar-refractivity contribution < 1.29 is 23.8 Å². The van der Waals surface area contributed by atoms with Crippen molar-refractivity contribution in [3.8, 4) is 11.5 Å². The minimum Gasteiger partial charge on any atom is -0.497 e. The first-order valence-corrected chi connectivity index (χ1v) is 10.8. The first-order valence-electron chi connectivity index (χ1n) is 10.8. The van der Waals surface area contributed by atoms with Gasteiger partial charge in [-0.25, -0.2) is 9.59 Å². The van der Waals surface area contributed by atoms with E-state index in [1.807, 2.05) is 43.4 Å². The topological polar surface area (TPSA) is 89.1 Å². The highest BCUT2D eigenvalue weighted by Gasteiger charge is 2.34. The molecule has 2 aromatic carbocycles. The van der Waals surface area contributed by atoms with Crippen LogP contribution in [0.4, 0.5) is 4.79 Å². The molecule has 0 saturated heterocycles. The van der Waals surface area contributed by atoms with Crippen molar-refractivity contribution >= 4 is 12.0 Å². The zero-order chi connectivity index (χ0) is 24.0. The van der Waals surface area contributed by atoms with Crippen LogP contribution in [0.3, 0.4) is 0 Å². The Morgan fingerprint density at radius 1 is 1.03 bits per heavy atom. The number of methoxy groups -OCH3 is 2. The van der Waals surface area contributed by atoms with Gasteiger partial charge in [0.25, 0.3) is 0 Å². The number of carbonyl (C=O) groups excluding carboxylic acids is 2. The first kappa shape index (κ1) is 24.1. The molecule has 0 saturated carbocycles. The molecule has 0 radical (unpaired) electrons. The summed E-state index contributed by atoms with van der Waals surface area (Å²) in [6.45, 7) is 4.40. The minimum atomic E-state index is -0.636. The number of nitrogens with zero attached hydrogens (tertiary/aromatic N) is 1. The van der Waals surface area contributed by atoms with E-state index in [4.69, 9.17) is 14.2 Å². The number of rotatable bonds is 9. The van der Waals surface area contributed by atoms with Crippen LogP contribution < -0.4 is 20.1 Å². The molecule has 2 unspecified atom stereocenters. The molecular formula is C25H31N3O5. The van der Waals surface area contributed by atoms with E-state index in [2.05, 4.69) is 22.5 Å². The molecule has 1 aliphatic heterocycles. The van der Waals surface area contributed by atoms with Crippen molar-refractivity contribution in [3.63, 3.8) is 0 Å². The molecule has 2 aromatic rings. The van der Waals surface area contributed by atoms with Gasteiger partial charge in [0, 0.05) is 18.3 Å². The fourth-order valence-corrected chi connectivity index (χ4v) is 3.76. The quantitative estimate of drug-likeness (QED) is 0.565. The molecule has 2 amide bonds. The summed E-state index contributed by atoms with van der Waals surface area (Å²) in [6.07, 6.45) is 0. The summed E-state index contributed by atoms with van der Waals surface area (Å²) in [4.78, 5) is 27.6. The summed E-state index contributed by atoms with van der Waals surface area (Å²) in [5, 5.41) is 5.68. The van der Waals surface area contributed by atoms with Gasteiger partial charge in [0.05, 0.1) is 32.4 Å². The molecular weight excluding hydrogens is 422 g/mol. The lowest BCUT2D eigenvalue weighted by Crippen LogP contribution is -2.48. The lowest BCUT2D eigenvalue weighted by molar-refractivity contribution is -0.139. The van der Waals surface area contributed by atoms with Crippen LogP contribution >= 0.6 is 0 Å². The zero-order valence-electron chi connectivity index (χ0n) is 19.7. The Hall–Kier alpha value is -3.52. The third-order valence-corrected chi connectivity index (χ3v) is 5.77. The average molecular weight is 454 g/mol. The molecule has 8 nitrogen and oxygen atoms in total. The number of ether oxygens (including phenoxy) is 3. The lowest BCUT2D eigenvalue weighted by atomic mass is 9.94. The van der Waals surface area contributed by atoms with Gasteiger partial charge in [-0.15, -0.1) is 0 Å². The second-order valence-corrected chi connectivity index (χ2v) is 7.78. The molecule has 8 heteroatoms. The predicted molar refractivity (Wildman–Crippen MR) is 125 cm³/mol. The van der Waals surface area contributed by atoms with Crippen molar-refractivity contribution in [1.29, 1.82) is 0 Å². The smallest absolute Gasteiger partial charge is 0.338 e. The Morgan fingerprint density at radius 2 is 1.61 bits per heavy atom. The number of carbonyl (C=O) groups is 2. The molecule has 0 fully saturated rings. The fraction of sp³-hybridized carbons (Fsp3) is 0.360. The Labute approximate surface area is 194 Å². The zero-order valence-corrected chi connectivity index (χ0v) is 19.7. The van der Waals surface area contributed by atoms with Gasteiger partial charge in [0.15, 0.2) is 0 Å². The molecule has 0 aliphatic carbocycles. The number of hydrogen-bond acceptors (Lipinski definition) is 6. The van der Waals surface area contributed by atoms with Gasteiger partial charge < -0.3 is 24.8 Å². The molecule has 33 heavy (non-hydrogen) atoms. The average Bonchev–Trinajstić information content (AvgIpc) is 2.83. The Kier molecular flexibility index (Phi) is 7.95. The predicted octanol–water partition coefficient (Wildman–Crippen LogP) is 3.57. The fourth-order valence-electron chi connectivity index (χ4n) is 3.76. The van der Waals surface area contributed by atoms with Gasteiger partial charge in [-0.1, -0.05) is 24.3 Å². The van der Waals surface area contributed by atoms with Crippen molar-refractivity contribution in [1.82, 2.24) is 15.5 Å². The molecule has 1 aliphatic rings. The van der Waals surface area contributed by atoms with Crippen LogP contribution in [0.25, 0.3) is 0 Å². The van der Waals surface area contributed by atoms with Crippen LogP contribution in [-0.4, -0.2) is 51.3 Å². The largest absolute Gasteiger partial charge is 0.497 e. The van der Waals surface area contributed by atoms with Crippen molar-refractivity contribution in [3.05, 3.63) is 70.9 Å². The Morgan fingerprint density at radius 3 is 2.15 bits per heavy atom. The van der Waals surface area contributed by atoms with Gasteiger partial charge >= 0.3 is 12.0 Å². The maximum Gasteiger partial charge on any atom is 0.338 e. The van der Waals surface area contributed by atoms with Gasteiger partial charge in [-0.2, -0.15) is 0 Å². The second-order valence-electron chi connectivity index (χ2n) is 7.78. The van der Waals surface area contributed by atoms with Crippen molar-refractivity contribution in [2.75, 3.05) is 34.4 Å². The standard InChI is InChI=1S/C25H31N3O5/c1-6-33-24(29)22-21(15-28(3)16(2)17-7-11-19(31-4)12-8-17)26-25(30)27-23(22)18-9-13-20(32-5)14-10-18/h7-14,16,23H,6,15H2,1-5H3,(H2,26,27,30). The van der Waals surface area contributed by atoms with E-state index in [-0.39, 0.29) is 18.7 Å². The summed E-state index contributed by atoms with van der Waals surface area (Å²) < 4.78 is 15.8. The van der Waals surface area contributed by atoms with Crippen LogP contribution in [-0.2, 0) is 9.53 Å². The third-order valence-electron chi connectivity index (χ3n) is 5.77. The van der Waals surface area contributed by atoms with Crippen LogP contribution in [0.5, 0.6) is 11.5 Å². The maximum absolute atomic E-state index is 13.0. The summed E-state index contributed by atoms with van der Waals surface area (Å²) >= 11 is 0. The highest BCUT2D eigenvalue weighted by atomic mass is 16.5. The summed E-state index contributed by atoms with van der Waals surface area (Å²) in [5.41, 5.74) is 2.75. The van der Waals surface area contributed by atoms with Crippen LogP contribution in [0.15, 0.2) is 59.8 Å². The van der Waals surface area contributed by atoms with Crippen molar-refractivity contribution in [2.45, 2.75) is 25.9 Å². The van der Waals surface area contributed by atoms with Crippen LogP contribution in [0.1, 0.15) is 37.1 Å². The molecule has 0 aromatic heterocycles. The van der Waals surface area contributed by atoms with Gasteiger partial charge in [-0.3, -0.25) is 4.90 Å². The van der Waals surface area contributed by atoms with Crippen LogP contribution in [0, 0.1) is 0 Å². The monoisotopic (exact) mass is 453 g/mol. The van der Waals surface area contributed by atoms with E-state index in [0.29, 0.717) is 23.6 Å². The summed E-state index contributed by atoms with van der Waals surface area (Å²) in [7, 11) is 5.16. The number of likely N-dealkylation sites (N-methyl/N-ethyl adjacent to an activating group) is 1. The molecule has 2 atom stereocenters. The summed E-state index contributed by atoms with van der Waals surface area (Å²) in [5.74, 6) is 1.01.